The van der Waals surface area contributed by atoms with Gasteiger partial charge in [-0.2, -0.15) is 0 Å². The van der Waals surface area contributed by atoms with Crippen LogP contribution in [0.25, 0.3) is 65.7 Å². The van der Waals surface area contributed by atoms with Gasteiger partial charge in [-0.3, -0.25) is 0 Å². The third-order valence-corrected chi connectivity index (χ3v) is 9.10. The van der Waals surface area contributed by atoms with Crippen molar-refractivity contribution < 1.29 is 0 Å². The van der Waals surface area contributed by atoms with Crippen molar-refractivity contribution in [3.8, 4) is 33.4 Å². The molecule has 0 unspecified atom stereocenters. The van der Waals surface area contributed by atoms with Crippen molar-refractivity contribution in [2.24, 2.45) is 0 Å². The molecule has 0 atom stereocenters. The topological polar surface area (TPSA) is 0 Å². The van der Waals surface area contributed by atoms with Crippen molar-refractivity contribution in [2.45, 2.75) is 0 Å². The lowest BCUT2D eigenvalue weighted by molar-refractivity contribution is 1.60. The first-order chi connectivity index (χ1) is 20.4. The standard InChI is InChI=1S/C40H25B/c1-3-11-26(12-4-1)30-15-7-8-16-31(30)32-22-20-28-25-35-33-17-9-10-18-36(33)41(29-13-5-2-6-14-29)37-24-21-27-19-23-34(32)38(28)39(27)40(35)37/h1-25H. The fourth-order valence-corrected chi connectivity index (χ4v) is 7.38. The molecule has 1 aliphatic rings. The average Bonchev–Trinajstić information content (AvgIpc) is 3.05. The van der Waals surface area contributed by atoms with Gasteiger partial charge in [0.15, 0.2) is 0 Å². The summed E-state index contributed by atoms with van der Waals surface area (Å²) in [4.78, 5) is 0. The second-order valence-corrected chi connectivity index (χ2v) is 11.2. The van der Waals surface area contributed by atoms with Gasteiger partial charge in [0.25, 0.3) is 0 Å². The molecule has 41 heavy (non-hydrogen) atoms. The highest BCUT2D eigenvalue weighted by atomic mass is 14.2. The largest absolute Gasteiger partial charge is 0.242 e. The SMILES string of the molecule is c1ccc(B2c3ccccc3-c3cc4ccc(-c5ccccc5-c5ccccc5)c5ccc6ccc2c3c6c45)cc1. The fraction of sp³-hybridized carbons (Fsp3) is 0. The lowest BCUT2D eigenvalue weighted by atomic mass is 9.33. The summed E-state index contributed by atoms with van der Waals surface area (Å²) in [5.74, 6) is 0. The van der Waals surface area contributed by atoms with Crippen molar-refractivity contribution in [2.75, 3.05) is 0 Å². The molecule has 0 saturated carbocycles. The molecular formula is C40H25B. The van der Waals surface area contributed by atoms with Crippen LogP contribution >= 0.6 is 0 Å². The summed E-state index contributed by atoms with van der Waals surface area (Å²) in [5.41, 5.74) is 11.9. The Morgan fingerprint density at radius 1 is 0.341 bits per heavy atom. The minimum Gasteiger partial charge on any atom is -0.0686 e. The molecule has 0 bridgehead atoms. The van der Waals surface area contributed by atoms with Crippen LogP contribution in [0.2, 0.25) is 0 Å². The van der Waals surface area contributed by atoms with Crippen LogP contribution in [-0.4, -0.2) is 6.71 Å². The van der Waals surface area contributed by atoms with Gasteiger partial charge in [-0.25, -0.2) is 0 Å². The van der Waals surface area contributed by atoms with Crippen molar-refractivity contribution >= 4 is 55.4 Å². The zero-order chi connectivity index (χ0) is 26.9. The number of hydrogen-bond acceptors (Lipinski definition) is 0. The summed E-state index contributed by atoms with van der Waals surface area (Å²) in [7, 11) is 0. The Bertz CT molecular complexity index is 2250. The second kappa shape index (κ2) is 8.68. The Morgan fingerprint density at radius 3 is 1.83 bits per heavy atom. The predicted octanol–water partition coefficient (Wildman–Crippen LogP) is 8.41. The van der Waals surface area contributed by atoms with Crippen molar-refractivity contribution in [3.63, 3.8) is 0 Å². The summed E-state index contributed by atoms with van der Waals surface area (Å²) in [5, 5.41) is 8.09. The lowest BCUT2D eigenvalue weighted by Gasteiger charge is -2.29. The zero-order valence-electron chi connectivity index (χ0n) is 22.5. The van der Waals surface area contributed by atoms with Gasteiger partial charge in [0.05, 0.1) is 0 Å². The van der Waals surface area contributed by atoms with E-state index in [9.17, 15) is 0 Å². The minimum absolute atomic E-state index is 0.211. The van der Waals surface area contributed by atoms with E-state index < -0.39 is 0 Å². The van der Waals surface area contributed by atoms with Crippen LogP contribution in [0.5, 0.6) is 0 Å². The van der Waals surface area contributed by atoms with Gasteiger partial charge in [0, 0.05) is 0 Å². The first-order valence-electron chi connectivity index (χ1n) is 14.4. The van der Waals surface area contributed by atoms with Gasteiger partial charge in [-0.05, 0) is 71.8 Å². The van der Waals surface area contributed by atoms with E-state index in [2.05, 4.69) is 152 Å². The quantitative estimate of drug-likeness (QED) is 0.163. The van der Waals surface area contributed by atoms with E-state index in [1.807, 2.05) is 0 Å². The Morgan fingerprint density at radius 2 is 1.00 bits per heavy atom. The third-order valence-electron chi connectivity index (χ3n) is 9.10. The molecular weight excluding hydrogens is 491 g/mol. The number of hydrogen-bond donors (Lipinski definition) is 0. The summed E-state index contributed by atoms with van der Waals surface area (Å²) in [6, 6.07) is 56.1. The van der Waals surface area contributed by atoms with Crippen LogP contribution < -0.4 is 16.4 Å². The van der Waals surface area contributed by atoms with Crippen LogP contribution in [0.4, 0.5) is 0 Å². The Hall–Kier alpha value is -5.14. The number of fused-ring (bicyclic) bond motifs is 2. The molecule has 0 N–H and O–H groups in total. The smallest absolute Gasteiger partial charge is 0.0686 e. The molecule has 0 radical (unpaired) electrons. The minimum atomic E-state index is 0.211. The molecule has 0 aromatic heterocycles. The molecule has 1 heteroatoms. The van der Waals surface area contributed by atoms with Gasteiger partial charge >= 0.3 is 0 Å². The summed E-state index contributed by atoms with van der Waals surface area (Å²) < 4.78 is 0. The molecule has 8 aromatic rings. The Kier molecular flexibility index (Phi) is 4.80. The molecule has 8 aromatic carbocycles. The molecule has 0 saturated heterocycles. The molecule has 188 valence electrons. The lowest BCUT2D eigenvalue weighted by Crippen LogP contribution is -2.54. The van der Waals surface area contributed by atoms with E-state index >= 15 is 0 Å². The third kappa shape index (κ3) is 3.24. The van der Waals surface area contributed by atoms with Gasteiger partial charge in [0.2, 0.25) is 6.71 Å². The second-order valence-electron chi connectivity index (χ2n) is 11.2. The molecule has 0 spiro atoms. The fourth-order valence-electron chi connectivity index (χ4n) is 7.38. The van der Waals surface area contributed by atoms with Gasteiger partial charge < -0.3 is 0 Å². The summed E-state index contributed by atoms with van der Waals surface area (Å²) in [6.45, 7) is 0.211. The van der Waals surface area contributed by atoms with E-state index in [0.29, 0.717) is 0 Å². The summed E-state index contributed by atoms with van der Waals surface area (Å²) >= 11 is 0. The number of rotatable bonds is 3. The van der Waals surface area contributed by atoms with E-state index in [1.165, 1.54) is 82.1 Å². The van der Waals surface area contributed by atoms with E-state index in [1.54, 1.807) is 0 Å². The maximum Gasteiger partial charge on any atom is 0.242 e. The Labute approximate surface area is 240 Å². The zero-order valence-corrected chi connectivity index (χ0v) is 22.5. The highest BCUT2D eigenvalue weighted by Crippen LogP contribution is 2.45. The van der Waals surface area contributed by atoms with E-state index in [4.69, 9.17) is 0 Å². The molecule has 9 rings (SSSR count). The van der Waals surface area contributed by atoms with Crippen LogP contribution in [0, 0.1) is 0 Å². The van der Waals surface area contributed by atoms with Gasteiger partial charge in [0.1, 0.15) is 0 Å². The van der Waals surface area contributed by atoms with Crippen LogP contribution in [0.15, 0.2) is 152 Å². The number of benzene rings is 8. The van der Waals surface area contributed by atoms with E-state index in [0.717, 1.165) is 0 Å². The molecule has 0 nitrogen and oxygen atoms in total. The Balaban J connectivity index is 1.40. The molecule has 0 amide bonds. The first-order valence-corrected chi connectivity index (χ1v) is 14.4. The normalized spacial score (nSPS) is 12.3. The van der Waals surface area contributed by atoms with Crippen molar-refractivity contribution in [1.29, 1.82) is 0 Å². The highest BCUT2D eigenvalue weighted by molar-refractivity contribution is 6.98. The molecule has 1 heterocycles. The molecule has 0 aliphatic carbocycles. The highest BCUT2D eigenvalue weighted by Gasteiger charge is 2.32. The maximum atomic E-state index is 2.44. The van der Waals surface area contributed by atoms with Crippen LogP contribution in [-0.2, 0) is 0 Å². The summed E-state index contributed by atoms with van der Waals surface area (Å²) in [6.07, 6.45) is 0. The predicted molar refractivity (Wildman–Crippen MR) is 178 cm³/mol. The van der Waals surface area contributed by atoms with Crippen LogP contribution in [0.1, 0.15) is 0 Å². The maximum absolute atomic E-state index is 2.44. The first kappa shape index (κ1) is 22.7. The molecule has 1 aliphatic heterocycles. The van der Waals surface area contributed by atoms with Crippen LogP contribution in [0.3, 0.4) is 0 Å². The van der Waals surface area contributed by atoms with E-state index in [-0.39, 0.29) is 6.71 Å². The average molecular weight is 516 g/mol. The van der Waals surface area contributed by atoms with Gasteiger partial charge in [-0.15, -0.1) is 0 Å². The monoisotopic (exact) mass is 516 g/mol. The van der Waals surface area contributed by atoms with Gasteiger partial charge in [-0.1, -0.05) is 162 Å². The van der Waals surface area contributed by atoms with Crippen molar-refractivity contribution in [3.05, 3.63) is 152 Å². The van der Waals surface area contributed by atoms with Crippen molar-refractivity contribution in [1.82, 2.24) is 0 Å². The molecule has 0 fully saturated rings.